The quantitative estimate of drug-likeness (QED) is 0.705. The van der Waals surface area contributed by atoms with Crippen molar-refractivity contribution in [3.8, 4) is 0 Å². The van der Waals surface area contributed by atoms with Crippen molar-refractivity contribution in [3.63, 3.8) is 0 Å². The van der Waals surface area contributed by atoms with Crippen LogP contribution in [0.15, 0.2) is 55.1 Å². The lowest BCUT2D eigenvalue weighted by molar-refractivity contribution is 0.246. The number of amides is 2. The van der Waals surface area contributed by atoms with E-state index in [0.717, 1.165) is 29.7 Å². The highest BCUT2D eigenvalue weighted by atomic mass is 16.2. The Morgan fingerprint density at radius 3 is 2.89 bits per heavy atom. The zero-order valence-corrected chi connectivity index (χ0v) is 15.2. The zero-order chi connectivity index (χ0) is 18.6. The standard InChI is InChI=1S/C20H22N6O/c1-14-6-9-22-17(11-14)19(16-4-5-16)25-20(27)24-18-7-10-23-26(18)13-15-3-2-8-21-12-15/h2-3,6-12,16,19H,4-5,13H2,1H3,(H2,24,25,27). The summed E-state index contributed by atoms with van der Waals surface area (Å²) in [5.41, 5.74) is 3.07. The van der Waals surface area contributed by atoms with E-state index in [2.05, 4.69) is 25.7 Å². The van der Waals surface area contributed by atoms with Gasteiger partial charge in [-0.05, 0) is 55.0 Å². The van der Waals surface area contributed by atoms with Gasteiger partial charge in [-0.3, -0.25) is 15.3 Å². The van der Waals surface area contributed by atoms with Crippen molar-refractivity contribution >= 4 is 11.8 Å². The van der Waals surface area contributed by atoms with Gasteiger partial charge in [0.1, 0.15) is 5.82 Å². The molecule has 0 spiro atoms. The van der Waals surface area contributed by atoms with Crippen molar-refractivity contribution in [1.29, 1.82) is 0 Å². The summed E-state index contributed by atoms with van der Waals surface area (Å²) in [5.74, 6) is 1.09. The molecule has 4 rings (SSSR count). The lowest BCUT2D eigenvalue weighted by Gasteiger charge is -2.19. The smallest absolute Gasteiger partial charge is 0.320 e. The molecule has 1 saturated carbocycles. The van der Waals surface area contributed by atoms with Crippen LogP contribution in [0.4, 0.5) is 10.6 Å². The second-order valence-corrected chi connectivity index (χ2v) is 6.91. The summed E-state index contributed by atoms with van der Waals surface area (Å²) in [6.07, 6.45) is 9.21. The first-order valence-electron chi connectivity index (χ1n) is 9.10. The normalized spacial score (nSPS) is 14.6. The Bertz CT molecular complexity index is 919. The summed E-state index contributed by atoms with van der Waals surface area (Å²) < 4.78 is 1.74. The van der Waals surface area contributed by atoms with Crippen LogP contribution in [-0.4, -0.2) is 25.8 Å². The molecule has 1 aliphatic carbocycles. The van der Waals surface area contributed by atoms with Crippen molar-refractivity contribution in [1.82, 2.24) is 25.1 Å². The summed E-state index contributed by atoms with van der Waals surface area (Å²) in [6.45, 7) is 2.58. The van der Waals surface area contributed by atoms with Gasteiger partial charge in [-0.2, -0.15) is 5.10 Å². The van der Waals surface area contributed by atoms with Gasteiger partial charge in [-0.1, -0.05) is 6.07 Å². The van der Waals surface area contributed by atoms with Crippen LogP contribution in [0.5, 0.6) is 0 Å². The molecule has 1 unspecified atom stereocenters. The second-order valence-electron chi connectivity index (χ2n) is 6.91. The van der Waals surface area contributed by atoms with E-state index < -0.39 is 0 Å². The molecule has 138 valence electrons. The van der Waals surface area contributed by atoms with Crippen molar-refractivity contribution < 1.29 is 4.79 Å². The predicted molar refractivity (Wildman–Crippen MR) is 102 cm³/mol. The molecule has 0 aliphatic heterocycles. The SMILES string of the molecule is Cc1ccnc(C(NC(=O)Nc2ccnn2Cc2cccnc2)C2CC2)c1. The number of carbonyl (C=O) groups excluding carboxylic acids is 1. The minimum atomic E-state index is -0.247. The highest BCUT2D eigenvalue weighted by molar-refractivity contribution is 5.88. The summed E-state index contributed by atoms with van der Waals surface area (Å²) in [4.78, 5) is 21.2. The van der Waals surface area contributed by atoms with Crippen molar-refractivity contribution in [2.75, 3.05) is 5.32 Å². The van der Waals surface area contributed by atoms with E-state index in [0.29, 0.717) is 18.3 Å². The maximum Gasteiger partial charge on any atom is 0.320 e. The first kappa shape index (κ1) is 17.2. The number of nitrogens with zero attached hydrogens (tertiary/aromatic N) is 4. The predicted octanol–water partition coefficient (Wildman–Crippen LogP) is 3.30. The highest BCUT2D eigenvalue weighted by Crippen LogP contribution is 2.40. The molecule has 7 nitrogen and oxygen atoms in total. The molecule has 3 heterocycles. The Morgan fingerprint density at radius 1 is 1.26 bits per heavy atom. The number of anilines is 1. The van der Waals surface area contributed by atoms with Gasteiger partial charge in [-0.15, -0.1) is 0 Å². The van der Waals surface area contributed by atoms with Gasteiger partial charge < -0.3 is 5.32 Å². The van der Waals surface area contributed by atoms with Crippen LogP contribution in [0.2, 0.25) is 0 Å². The molecule has 0 aromatic carbocycles. The van der Waals surface area contributed by atoms with Gasteiger partial charge in [0.2, 0.25) is 0 Å². The number of aryl methyl sites for hydroxylation is 1. The molecule has 1 aliphatic rings. The van der Waals surface area contributed by atoms with E-state index >= 15 is 0 Å². The fraction of sp³-hybridized carbons (Fsp3) is 0.300. The number of carbonyl (C=O) groups is 1. The van der Waals surface area contributed by atoms with Crippen LogP contribution >= 0.6 is 0 Å². The summed E-state index contributed by atoms with van der Waals surface area (Å²) in [6, 6.07) is 9.33. The fourth-order valence-corrected chi connectivity index (χ4v) is 3.12. The highest BCUT2D eigenvalue weighted by Gasteiger charge is 2.34. The van der Waals surface area contributed by atoms with E-state index in [4.69, 9.17) is 0 Å². The second kappa shape index (κ2) is 7.57. The molecule has 27 heavy (non-hydrogen) atoms. The van der Waals surface area contributed by atoms with Crippen molar-refractivity contribution in [2.45, 2.75) is 32.4 Å². The van der Waals surface area contributed by atoms with Gasteiger partial charge in [0, 0.05) is 24.7 Å². The molecular formula is C20H22N6O. The molecule has 0 radical (unpaired) electrons. The Morgan fingerprint density at radius 2 is 2.15 bits per heavy atom. The van der Waals surface area contributed by atoms with E-state index in [1.807, 2.05) is 31.2 Å². The van der Waals surface area contributed by atoms with Crippen LogP contribution in [0.1, 0.15) is 35.7 Å². The maximum atomic E-state index is 12.6. The molecule has 7 heteroatoms. The van der Waals surface area contributed by atoms with Crippen LogP contribution in [0.3, 0.4) is 0 Å². The van der Waals surface area contributed by atoms with Gasteiger partial charge in [0.25, 0.3) is 0 Å². The molecule has 1 atom stereocenters. The van der Waals surface area contributed by atoms with Crippen LogP contribution in [0.25, 0.3) is 0 Å². The van der Waals surface area contributed by atoms with E-state index in [-0.39, 0.29) is 12.1 Å². The number of aromatic nitrogens is 4. The minimum Gasteiger partial charge on any atom is -0.329 e. The van der Waals surface area contributed by atoms with Crippen molar-refractivity contribution in [3.05, 3.63) is 71.9 Å². The average Bonchev–Trinajstić information content (AvgIpc) is 3.42. The number of hydrogen-bond acceptors (Lipinski definition) is 4. The Labute approximate surface area is 157 Å². The number of pyridine rings is 2. The molecule has 0 saturated heterocycles. The van der Waals surface area contributed by atoms with Gasteiger partial charge in [0.05, 0.1) is 24.5 Å². The third-order valence-electron chi connectivity index (χ3n) is 4.65. The largest absolute Gasteiger partial charge is 0.329 e. The fourth-order valence-electron chi connectivity index (χ4n) is 3.12. The third kappa shape index (κ3) is 4.31. The Hall–Kier alpha value is -3.22. The van der Waals surface area contributed by atoms with Gasteiger partial charge >= 0.3 is 6.03 Å². The molecule has 0 bridgehead atoms. The molecular weight excluding hydrogens is 340 g/mol. The van der Waals surface area contributed by atoms with Gasteiger partial charge in [0.15, 0.2) is 0 Å². The van der Waals surface area contributed by atoms with E-state index in [1.54, 1.807) is 35.5 Å². The zero-order valence-electron chi connectivity index (χ0n) is 15.2. The lowest BCUT2D eigenvalue weighted by atomic mass is 10.1. The molecule has 3 aromatic heterocycles. The molecule has 2 amide bonds. The average molecular weight is 362 g/mol. The number of hydrogen-bond donors (Lipinski definition) is 2. The topological polar surface area (TPSA) is 84.7 Å². The monoisotopic (exact) mass is 362 g/mol. The van der Waals surface area contributed by atoms with Crippen LogP contribution in [0, 0.1) is 12.8 Å². The Balaban J connectivity index is 1.44. The van der Waals surface area contributed by atoms with E-state index in [9.17, 15) is 4.79 Å². The van der Waals surface area contributed by atoms with E-state index in [1.165, 1.54) is 0 Å². The molecule has 1 fully saturated rings. The summed E-state index contributed by atoms with van der Waals surface area (Å²) in [7, 11) is 0. The third-order valence-corrected chi connectivity index (χ3v) is 4.65. The number of nitrogens with one attached hydrogen (secondary N) is 2. The lowest BCUT2D eigenvalue weighted by Crippen LogP contribution is -2.34. The van der Waals surface area contributed by atoms with Crippen LogP contribution in [-0.2, 0) is 6.54 Å². The first-order chi connectivity index (χ1) is 13.2. The number of urea groups is 1. The molecule has 2 N–H and O–H groups in total. The van der Waals surface area contributed by atoms with Gasteiger partial charge in [-0.25, -0.2) is 9.48 Å². The Kier molecular flexibility index (Phi) is 4.82. The molecule has 3 aromatic rings. The van der Waals surface area contributed by atoms with Crippen LogP contribution < -0.4 is 10.6 Å². The number of rotatable bonds is 6. The first-order valence-corrected chi connectivity index (χ1v) is 9.10. The van der Waals surface area contributed by atoms with Crippen molar-refractivity contribution in [2.24, 2.45) is 5.92 Å². The summed E-state index contributed by atoms with van der Waals surface area (Å²) in [5, 5.41) is 10.3. The summed E-state index contributed by atoms with van der Waals surface area (Å²) >= 11 is 0. The minimum absolute atomic E-state index is 0.0698. The maximum absolute atomic E-state index is 12.6.